The molecule has 3 rings (SSSR count). The van der Waals surface area contributed by atoms with Crippen molar-refractivity contribution in [3.8, 4) is 17.1 Å². The van der Waals surface area contributed by atoms with Crippen LogP contribution < -0.4 is 4.74 Å². The van der Waals surface area contributed by atoms with Crippen LogP contribution in [0.5, 0.6) is 5.75 Å². The second-order valence-corrected chi connectivity index (χ2v) is 7.65. The summed E-state index contributed by atoms with van der Waals surface area (Å²) in [6.45, 7) is 7.50. The predicted octanol–water partition coefficient (Wildman–Crippen LogP) is 4.47. The topological polar surface area (TPSA) is 112 Å². The van der Waals surface area contributed by atoms with Crippen LogP contribution in [0.2, 0.25) is 0 Å². The SMILES string of the molecule is CC[C@H](C)N(Cc1nc(-c2ccc(C)cc2)no1)C(=O)COc1ccc([N+](=O)[O-])c(C)c1. The Bertz CT molecular complexity index is 1090. The standard InChI is InChI=1S/C23H26N4O5/c1-5-17(4)26(13-21-24-23(25-32-21)18-8-6-15(2)7-9-18)22(28)14-31-19-10-11-20(27(29)30)16(3)12-19/h6-12,17H,5,13-14H2,1-4H3/t17-/m0/s1. The molecule has 9 nitrogen and oxygen atoms in total. The van der Waals surface area contributed by atoms with E-state index in [1.807, 2.05) is 45.0 Å². The second-order valence-electron chi connectivity index (χ2n) is 7.65. The number of aromatic nitrogens is 2. The van der Waals surface area contributed by atoms with Gasteiger partial charge in [-0.3, -0.25) is 14.9 Å². The van der Waals surface area contributed by atoms with Crippen molar-refractivity contribution in [2.75, 3.05) is 6.61 Å². The Morgan fingerprint density at radius 1 is 1.22 bits per heavy atom. The van der Waals surface area contributed by atoms with Crippen LogP contribution in [0.4, 0.5) is 5.69 Å². The highest BCUT2D eigenvalue weighted by Gasteiger charge is 2.23. The van der Waals surface area contributed by atoms with Gasteiger partial charge in [-0.15, -0.1) is 0 Å². The van der Waals surface area contributed by atoms with Crippen molar-refractivity contribution >= 4 is 11.6 Å². The van der Waals surface area contributed by atoms with E-state index in [0.717, 1.165) is 17.5 Å². The summed E-state index contributed by atoms with van der Waals surface area (Å²) in [4.78, 5) is 29.5. The molecule has 0 aliphatic rings. The highest BCUT2D eigenvalue weighted by Crippen LogP contribution is 2.23. The van der Waals surface area contributed by atoms with Crippen LogP contribution in [-0.4, -0.2) is 38.5 Å². The van der Waals surface area contributed by atoms with Gasteiger partial charge in [-0.05, 0) is 39.3 Å². The molecule has 1 amide bonds. The molecule has 0 saturated carbocycles. The number of aryl methyl sites for hydroxylation is 2. The van der Waals surface area contributed by atoms with Crippen molar-refractivity contribution in [1.29, 1.82) is 0 Å². The number of carbonyl (C=O) groups excluding carboxylic acids is 1. The maximum absolute atomic E-state index is 12.9. The van der Waals surface area contributed by atoms with Gasteiger partial charge in [0, 0.05) is 23.2 Å². The van der Waals surface area contributed by atoms with E-state index >= 15 is 0 Å². The summed E-state index contributed by atoms with van der Waals surface area (Å²) < 4.78 is 11.0. The quantitative estimate of drug-likeness (QED) is 0.358. The Hall–Kier alpha value is -3.75. The van der Waals surface area contributed by atoms with E-state index < -0.39 is 4.92 Å². The van der Waals surface area contributed by atoms with Crippen LogP contribution in [0.25, 0.3) is 11.4 Å². The van der Waals surface area contributed by atoms with E-state index in [2.05, 4.69) is 10.1 Å². The molecule has 0 fully saturated rings. The van der Waals surface area contributed by atoms with Crippen molar-refractivity contribution in [3.05, 3.63) is 69.6 Å². The van der Waals surface area contributed by atoms with E-state index in [1.165, 1.54) is 12.1 Å². The molecule has 0 unspecified atom stereocenters. The van der Waals surface area contributed by atoms with Crippen LogP contribution in [-0.2, 0) is 11.3 Å². The number of hydrogen-bond acceptors (Lipinski definition) is 7. The summed E-state index contributed by atoms with van der Waals surface area (Å²) in [6.07, 6.45) is 0.737. The van der Waals surface area contributed by atoms with E-state index in [-0.39, 0.29) is 30.8 Å². The molecule has 1 heterocycles. The van der Waals surface area contributed by atoms with Gasteiger partial charge in [0.2, 0.25) is 11.7 Å². The molecule has 0 spiro atoms. The molecular weight excluding hydrogens is 412 g/mol. The molecule has 1 aromatic heterocycles. The lowest BCUT2D eigenvalue weighted by Crippen LogP contribution is -2.40. The molecule has 0 N–H and O–H groups in total. The number of nitro groups is 1. The Labute approximate surface area is 186 Å². The lowest BCUT2D eigenvalue weighted by Gasteiger charge is -2.27. The van der Waals surface area contributed by atoms with Gasteiger partial charge in [-0.2, -0.15) is 4.98 Å². The Morgan fingerprint density at radius 3 is 2.56 bits per heavy atom. The molecule has 1 atom stereocenters. The Morgan fingerprint density at radius 2 is 1.94 bits per heavy atom. The number of carbonyl (C=O) groups is 1. The number of hydrogen-bond donors (Lipinski definition) is 0. The minimum atomic E-state index is -0.454. The second kappa shape index (κ2) is 10.0. The smallest absolute Gasteiger partial charge is 0.272 e. The molecular formula is C23H26N4O5. The van der Waals surface area contributed by atoms with Crippen LogP contribution in [0.15, 0.2) is 47.0 Å². The van der Waals surface area contributed by atoms with Crippen LogP contribution in [0.3, 0.4) is 0 Å². The third kappa shape index (κ3) is 5.48. The lowest BCUT2D eigenvalue weighted by molar-refractivity contribution is -0.385. The first-order valence-corrected chi connectivity index (χ1v) is 10.4. The van der Waals surface area contributed by atoms with Gasteiger partial charge in [0.15, 0.2) is 6.61 Å². The van der Waals surface area contributed by atoms with E-state index in [9.17, 15) is 14.9 Å². The van der Waals surface area contributed by atoms with Gasteiger partial charge in [0.05, 0.1) is 4.92 Å². The normalized spacial score (nSPS) is 11.8. The number of rotatable bonds is 9. The molecule has 0 bridgehead atoms. The van der Waals surface area contributed by atoms with Gasteiger partial charge >= 0.3 is 0 Å². The zero-order valence-electron chi connectivity index (χ0n) is 18.6. The maximum atomic E-state index is 12.9. The zero-order valence-corrected chi connectivity index (χ0v) is 18.6. The highest BCUT2D eigenvalue weighted by molar-refractivity contribution is 5.78. The Balaban J connectivity index is 1.68. The van der Waals surface area contributed by atoms with Crippen molar-refractivity contribution < 1.29 is 19.0 Å². The fraction of sp³-hybridized carbons (Fsp3) is 0.348. The summed E-state index contributed by atoms with van der Waals surface area (Å²) in [5.41, 5.74) is 2.44. The van der Waals surface area contributed by atoms with Crippen molar-refractivity contribution in [1.82, 2.24) is 15.0 Å². The van der Waals surface area contributed by atoms with Gasteiger partial charge in [-0.25, -0.2) is 0 Å². The first-order chi connectivity index (χ1) is 15.3. The molecule has 0 aliphatic carbocycles. The largest absolute Gasteiger partial charge is 0.484 e. The van der Waals surface area contributed by atoms with Crippen LogP contribution in [0, 0.1) is 24.0 Å². The summed E-state index contributed by atoms with van der Waals surface area (Å²) >= 11 is 0. The monoisotopic (exact) mass is 438 g/mol. The van der Waals surface area contributed by atoms with Gasteiger partial charge < -0.3 is 14.2 Å². The average Bonchev–Trinajstić information content (AvgIpc) is 3.24. The van der Waals surface area contributed by atoms with E-state index in [0.29, 0.717) is 23.0 Å². The van der Waals surface area contributed by atoms with Gasteiger partial charge in [-0.1, -0.05) is 41.9 Å². The van der Waals surface area contributed by atoms with Gasteiger partial charge in [0.1, 0.15) is 12.3 Å². The minimum absolute atomic E-state index is 0.00526. The molecule has 9 heteroatoms. The van der Waals surface area contributed by atoms with E-state index in [4.69, 9.17) is 9.26 Å². The minimum Gasteiger partial charge on any atom is -0.484 e. The first-order valence-electron chi connectivity index (χ1n) is 10.4. The zero-order chi connectivity index (χ0) is 23.3. The summed E-state index contributed by atoms with van der Waals surface area (Å²) in [6, 6.07) is 12.1. The number of amides is 1. The van der Waals surface area contributed by atoms with Crippen molar-refractivity contribution in [2.45, 2.75) is 46.7 Å². The molecule has 0 radical (unpaired) electrons. The number of nitrogens with zero attached hydrogens (tertiary/aromatic N) is 4. The fourth-order valence-electron chi connectivity index (χ4n) is 3.15. The third-order valence-electron chi connectivity index (χ3n) is 5.25. The molecule has 168 valence electrons. The predicted molar refractivity (Wildman–Crippen MR) is 118 cm³/mol. The van der Waals surface area contributed by atoms with Gasteiger partial charge in [0.25, 0.3) is 11.6 Å². The molecule has 3 aromatic rings. The van der Waals surface area contributed by atoms with Crippen molar-refractivity contribution in [3.63, 3.8) is 0 Å². The average molecular weight is 438 g/mol. The lowest BCUT2D eigenvalue weighted by atomic mass is 10.1. The highest BCUT2D eigenvalue weighted by atomic mass is 16.6. The third-order valence-corrected chi connectivity index (χ3v) is 5.25. The number of nitro benzene ring substituents is 1. The van der Waals surface area contributed by atoms with Crippen LogP contribution in [0.1, 0.15) is 37.3 Å². The summed E-state index contributed by atoms with van der Waals surface area (Å²) in [5, 5.41) is 15.0. The fourth-order valence-corrected chi connectivity index (χ4v) is 3.15. The molecule has 32 heavy (non-hydrogen) atoms. The van der Waals surface area contributed by atoms with E-state index in [1.54, 1.807) is 17.9 Å². The summed E-state index contributed by atoms with van der Waals surface area (Å²) in [5.74, 6) is 0.949. The number of ether oxygens (including phenoxy) is 1. The molecule has 0 aliphatic heterocycles. The Kier molecular flexibility index (Phi) is 7.19. The summed E-state index contributed by atoms with van der Waals surface area (Å²) in [7, 11) is 0. The maximum Gasteiger partial charge on any atom is 0.272 e. The van der Waals surface area contributed by atoms with Crippen molar-refractivity contribution in [2.24, 2.45) is 0 Å². The van der Waals surface area contributed by atoms with Crippen LogP contribution >= 0.6 is 0 Å². The molecule has 2 aromatic carbocycles. The number of benzene rings is 2. The molecule has 0 saturated heterocycles. The first kappa shape index (κ1) is 22.9.